The predicted molar refractivity (Wildman–Crippen MR) is 72.5 cm³/mol. The molecule has 0 aliphatic carbocycles. The van der Waals surface area contributed by atoms with Gasteiger partial charge >= 0.3 is 0 Å². The van der Waals surface area contributed by atoms with Crippen molar-refractivity contribution in [3.63, 3.8) is 0 Å². The van der Waals surface area contributed by atoms with Gasteiger partial charge in [0.1, 0.15) is 5.84 Å². The van der Waals surface area contributed by atoms with E-state index in [9.17, 15) is 0 Å². The molecule has 0 radical (unpaired) electrons. The van der Waals surface area contributed by atoms with Crippen molar-refractivity contribution >= 4 is 11.5 Å². The molecule has 1 aromatic carbocycles. The highest BCUT2D eigenvalue weighted by molar-refractivity contribution is 6.07. The van der Waals surface area contributed by atoms with Crippen LogP contribution in [0.25, 0.3) is 0 Å². The second kappa shape index (κ2) is 4.70. The van der Waals surface area contributed by atoms with E-state index in [0.29, 0.717) is 11.8 Å². The van der Waals surface area contributed by atoms with E-state index < -0.39 is 0 Å². The molecule has 0 aromatic heterocycles. The number of amidine groups is 1. The lowest BCUT2D eigenvalue weighted by molar-refractivity contribution is 0.676. The molecule has 1 aromatic rings. The molecular formula is C14H19N3. The second-order valence-corrected chi connectivity index (χ2v) is 4.65. The Kier molecular flexibility index (Phi) is 3.27. The van der Waals surface area contributed by atoms with E-state index in [2.05, 4.69) is 49.2 Å². The lowest BCUT2D eigenvalue weighted by Crippen LogP contribution is -2.27. The fraction of sp³-hybridized carbons (Fsp3) is 0.429. The molecule has 2 rings (SSSR count). The average molecular weight is 229 g/mol. The summed E-state index contributed by atoms with van der Waals surface area (Å²) in [6.45, 7) is 6.42. The van der Waals surface area contributed by atoms with Gasteiger partial charge in [-0.1, -0.05) is 25.1 Å². The lowest BCUT2D eigenvalue weighted by Gasteiger charge is -2.22. The van der Waals surface area contributed by atoms with Crippen LogP contribution in [0, 0.1) is 19.8 Å². The van der Waals surface area contributed by atoms with E-state index in [1.165, 1.54) is 16.7 Å². The van der Waals surface area contributed by atoms with Crippen LogP contribution in [-0.4, -0.2) is 11.5 Å². The zero-order valence-corrected chi connectivity index (χ0v) is 10.7. The molecule has 0 spiro atoms. The highest BCUT2D eigenvalue weighted by Crippen LogP contribution is 2.25. The Balaban J connectivity index is 2.52. The molecule has 1 aliphatic heterocycles. The Hall–Kier alpha value is -1.64. The van der Waals surface area contributed by atoms with Crippen molar-refractivity contribution in [3.8, 4) is 0 Å². The topological polar surface area (TPSA) is 50.7 Å². The number of hydrogen-bond acceptors (Lipinski definition) is 3. The highest BCUT2D eigenvalue weighted by Gasteiger charge is 2.23. The summed E-state index contributed by atoms with van der Waals surface area (Å²) in [6, 6.07) is 6.33. The fourth-order valence-corrected chi connectivity index (χ4v) is 2.40. The molecule has 3 nitrogen and oxygen atoms in total. The molecule has 0 saturated heterocycles. The molecule has 0 amide bonds. The quantitative estimate of drug-likeness (QED) is 0.833. The first-order valence-electron chi connectivity index (χ1n) is 6.10. The Morgan fingerprint density at radius 3 is 2.47 bits per heavy atom. The molecule has 0 fully saturated rings. The summed E-state index contributed by atoms with van der Waals surface area (Å²) in [6.07, 6.45) is 1.87. The fourth-order valence-electron chi connectivity index (χ4n) is 2.40. The molecule has 90 valence electrons. The Labute approximate surface area is 102 Å². The van der Waals surface area contributed by atoms with Crippen LogP contribution in [0.4, 0.5) is 0 Å². The molecule has 1 heterocycles. The van der Waals surface area contributed by atoms with E-state index in [4.69, 9.17) is 5.73 Å². The van der Waals surface area contributed by atoms with E-state index in [1.54, 1.807) is 0 Å². The minimum atomic E-state index is 0.396. The van der Waals surface area contributed by atoms with Crippen molar-refractivity contribution < 1.29 is 0 Å². The van der Waals surface area contributed by atoms with Gasteiger partial charge < -0.3 is 5.73 Å². The van der Waals surface area contributed by atoms with Crippen molar-refractivity contribution in [1.82, 2.24) is 0 Å². The zero-order valence-electron chi connectivity index (χ0n) is 10.7. The third-order valence-electron chi connectivity index (χ3n) is 3.36. The number of nitrogens with two attached hydrogens (primary N) is 1. The van der Waals surface area contributed by atoms with Crippen LogP contribution < -0.4 is 5.73 Å². The highest BCUT2D eigenvalue weighted by atomic mass is 15.2. The molecule has 0 bridgehead atoms. The van der Waals surface area contributed by atoms with E-state index >= 15 is 0 Å². The van der Waals surface area contributed by atoms with Crippen molar-refractivity contribution in [2.75, 3.05) is 0 Å². The molecule has 1 aliphatic rings. The average Bonchev–Trinajstić information content (AvgIpc) is 2.30. The summed E-state index contributed by atoms with van der Waals surface area (Å²) >= 11 is 0. The minimum absolute atomic E-state index is 0.396. The molecule has 1 atom stereocenters. The van der Waals surface area contributed by atoms with Crippen LogP contribution in [0.2, 0.25) is 0 Å². The SMILES string of the molecule is CCC1CC(N)=NN=C1c1c(C)cccc1C. The third kappa shape index (κ3) is 2.23. The van der Waals surface area contributed by atoms with Gasteiger partial charge in [-0.15, -0.1) is 5.10 Å². The van der Waals surface area contributed by atoms with Crippen molar-refractivity contribution in [1.29, 1.82) is 0 Å². The number of rotatable bonds is 2. The Morgan fingerprint density at radius 1 is 1.24 bits per heavy atom. The van der Waals surface area contributed by atoms with Crippen LogP contribution in [0.15, 0.2) is 28.4 Å². The molecule has 1 unspecified atom stereocenters. The van der Waals surface area contributed by atoms with Crippen LogP contribution in [0.3, 0.4) is 0 Å². The summed E-state index contributed by atoms with van der Waals surface area (Å²) in [5, 5.41) is 8.38. The van der Waals surface area contributed by atoms with Crippen LogP contribution in [-0.2, 0) is 0 Å². The second-order valence-electron chi connectivity index (χ2n) is 4.65. The molecule has 0 saturated carbocycles. The largest absolute Gasteiger partial charge is 0.386 e. The lowest BCUT2D eigenvalue weighted by atomic mass is 9.86. The maximum absolute atomic E-state index is 5.76. The van der Waals surface area contributed by atoms with E-state index in [0.717, 1.165) is 18.6 Å². The predicted octanol–water partition coefficient (Wildman–Crippen LogP) is 2.79. The molecule has 2 N–H and O–H groups in total. The van der Waals surface area contributed by atoms with Gasteiger partial charge in [0.2, 0.25) is 0 Å². The summed E-state index contributed by atoms with van der Waals surface area (Å²) in [4.78, 5) is 0. The molecule has 17 heavy (non-hydrogen) atoms. The Morgan fingerprint density at radius 2 is 1.88 bits per heavy atom. The maximum Gasteiger partial charge on any atom is 0.123 e. The normalized spacial score (nSPS) is 19.8. The van der Waals surface area contributed by atoms with Crippen LogP contribution in [0.5, 0.6) is 0 Å². The minimum Gasteiger partial charge on any atom is -0.386 e. The Bertz CT molecular complexity index is 466. The monoisotopic (exact) mass is 229 g/mol. The van der Waals surface area contributed by atoms with E-state index in [-0.39, 0.29) is 0 Å². The third-order valence-corrected chi connectivity index (χ3v) is 3.36. The van der Waals surface area contributed by atoms with Gasteiger partial charge in [-0.25, -0.2) is 0 Å². The zero-order chi connectivity index (χ0) is 12.4. The van der Waals surface area contributed by atoms with Crippen LogP contribution in [0.1, 0.15) is 36.5 Å². The van der Waals surface area contributed by atoms with Crippen molar-refractivity contribution in [2.24, 2.45) is 21.9 Å². The number of aryl methyl sites for hydroxylation is 2. The summed E-state index contributed by atoms with van der Waals surface area (Å²) in [7, 11) is 0. The van der Waals surface area contributed by atoms with Gasteiger partial charge in [-0.05, 0) is 31.4 Å². The van der Waals surface area contributed by atoms with E-state index in [1.807, 2.05) is 0 Å². The van der Waals surface area contributed by atoms with Gasteiger partial charge in [0, 0.05) is 17.9 Å². The summed E-state index contributed by atoms with van der Waals surface area (Å²) < 4.78 is 0. The molecule has 3 heteroatoms. The number of hydrogen-bond donors (Lipinski definition) is 1. The number of benzene rings is 1. The first kappa shape index (κ1) is 11.8. The van der Waals surface area contributed by atoms with Crippen molar-refractivity contribution in [3.05, 3.63) is 34.9 Å². The first-order valence-corrected chi connectivity index (χ1v) is 6.10. The summed E-state index contributed by atoms with van der Waals surface area (Å²) in [5.74, 6) is 1.04. The van der Waals surface area contributed by atoms with Gasteiger partial charge in [0.15, 0.2) is 0 Å². The smallest absolute Gasteiger partial charge is 0.123 e. The molecular weight excluding hydrogens is 210 g/mol. The van der Waals surface area contributed by atoms with Crippen molar-refractivity contribution in [2.45, 2.75) is 33.6 Å². The van der Waals surface area contributed by atoms with Gasteiger partial charge in [0.05, 0.1) is 5.71 Å². The first-order chi connectivity index (χ1) is 8.13. The standard InChI is InChI=1S/C14H19N3/c1-4-11-8-12(15)16-17-14(11)13-9(2)6-5-7-10(13)3/h5-7,11H,4,8H2,1-3H3,(H2,15,16). The van der Waals surface area contributed by atoms with Gasteiger partial charge in [-0.2, -0.15) is 5.10 Å². The van der Waals surface area contributed by atoms with Crippen LogP contribution >= 0.6 is 0 Å². The number of nitrogens with zero attached hydrogens (tertiary/aromatic N) is 2. The van der Waals surface area contributed by atoms with Gasteiger partial charge in [0.25, 0.3) is 0 Å². The maximum atomic E-state index is 5.76. The summed E-state index contributed by atoms with van der Waals surface area (Å²) in [5.41, 5.74) is 10.6. The van der Waals surface area contributed by atoms with Gasteiger partial charge in [-0.3, -0.25) is 0 Å².